The molecule has 52 heavy (non-hydrogen) atoms. The van der Waals surface area contributed by atoms with E-state index in [2.05, 4.69) is 59.9 Å². The van der Waals surface area contributed by atoms with Crippen LogP contribution in [0.15, 0.2) is 132 Å². The predicted molar refractivity (Wildman–Crippen MR) is 214 cm³/mol. The molecule has 0 aliphatic carbocycles. The van der Waals surface area contributed by atoms with E-state index in [1.165, 1.54) is 28.2 Å². The van der Waals surface area contributed by atoms with Crippen LogP contribution in [-0.2, 0) is 26.5 Å². The Morgan fingerprint density at radius 2 is 1.60 bits per heavy atom. The van der Waals surface area contributed by atoms with Gasteiger partial charge in [0.2, 0.25) is 0 Å². The van der Waals surface area contributed by atoms with Crippen molar-refractivity contribution in [1.29, 1.82) is 0 Å². The number of aromatic nitrogens is 2. The number of pyridine rings is 2. The van der Waals surface area contributed by atoms with E-state index in [0.29, 0.717) is 28.0 Å². The summed E-state index contributed by atoms with van der Waals surface area (Å²) in [6.07, 6.45) is 1.24. The first-order valence-corrected chi connectivity index (χ1v) is 20.9. The molecule has 7 heteroatoms. The Labute approximate surface area is 328 Å². The van der Waals surface area contributed by atoms with Gasteiger partial charge in [0.05, 0.1) is 13.7 Å². The van der Waals surface area contributed by atoms with Crippen molar-refractivity contribution in [2.24, 2.45) is 0 Å². The molecule has 0 aliphatic heterocycles. The number of benzene rings is 5. The third-order valence-electron chi connectivity index (χ3n) is 8.82. The van der Waals surface area contributed by atoms with Crippen molar-refractivity contribution in [2.75, 3.05) is 0 Å². The largest absolute Gasteiger partial charge is 0.500 e. The number of hydrogen-bond acceptors (Lipinski definition) is 4. The van der Waals surface area contributed by atoms with Crippen LogP contribution in [0.3, 0.4) is 0 Å². The number of thiophene rings is 1. The summed E-state index contributed by atoms with van der Waals surface area (Å²) in [5.74, 6) is -0.301. The van der Waals surface area contributed by atoms with Crippen LogP contribution in [0.5, 0.6) is 0 Å². The van der Waals surface area contributed by atoms with Crippen molar-refractivity contribution < 1.29 is 35.8 Å². The monoisotopic (exact) mass is 896 g/mol. The van der Waals surface area contributed by atoms with Crippen molar-refractivity contribution in [1.82, 2.24) is 9.97 Å². The molecule has 1 radical (unpaired) electrons. The Morgan fingerprint density at radius 1 is 0.788 bits per heavy atom. The summed E-state index contributed by atoms with van der Waals surface area (Å²) in [7, 11) is -1.38. The quantitative estimate of drug-likeness (QED) is 0.128. The van der Waals surface area contributed by atoms with Crippen LogP contribution in [0, 0.1) is 24.8 Å². The van der Waals surface area contributed by atoms with Crippen molar-refractivity contribution in [2.45, 2.75) is 32.9 Å². The molecule has 0 spiro atoms. The minimum absolute atomic E-state index is 0. The molecule has 0 aliphatic rings. The van der Waals surface area contributed by atoms with Crippen molar-refractivity contribution in [3.05, 3.63) is 162 Å². The van der Waals surface area contributed by atoms with Crippen LogP contribution in [0.4, 0.5) is 4.39 Å². The number of rotatable bonds is 5. The van der Waals surface area contributed by atoms with Crippen LogP contribution in [-0.4, -0.2) is 18.0 Å². The van der Waals surface area contributed by atoms with E-state index in [1.54, 1.807) is 53.8 Å². The smallest absolute Gasteiger partial charge is 0.126 e. The molecule has 3 nitrogen and oxygen atoms in total. The van der Waals surface area contributed by atoms with Crippen LogP contribution in [0.1, 0.15) is 23.5 Å². The molecule has 9 aromatic rings. The molecule has 4 aromatic heterocycles. The summed E-state index contributed by atoms with van der Waals surface area (Å²) < 4.78 is 63.0. The Kier molecular flexibility index (Phi) is 8.40. The van der Waals surface area contributed by atoms with Crippen molar-refractivity contribution >= 4 is 66.7 Å². The van der Waals surface area contributed by atoms with Gasteiger partial charge >= 0.3 is 0 Å². The van der Waals surface area contributed by atoms with E-state index >= 15 is 0 Å². The summed E-state index contributed by atoms with van der Waals surface area (Å²) in [6.45, 7) is 4.40. The third kappa shape index (κ3) is 7.15. The molecule has 4 heterocycles. The van der Waals surface area contributed by atoms with E-state index in [0.717, 1.165) is 37.5 Å². The molecule has 0 atom stereocenters. The summed E-state index contributed by atoms with van der Waals surface area (Å²) in [4.78, 5) is 9.02. The van der Waals surface area contributed by atoms with E-state index in [9.17, 15) is 4.39 Å². The zero-order chi connectivity index (χ0) is 39.4. The zero-order valence-electron chi connectivity index (χ0n) is 33.5. The predicted octanol–water partition coefficient (Wildman–Crippen LogP) is 11.9. The van der Waals surface area contributed by atoms with E-state index < -0.39 is 21.3 Å². The van der Waals surface area contributed by atoms with Gasteiger partial charge in [-0.25, -0.2) is 4.39 Å². The molecule has 259 valence electrons. The number of aryl methyl sites for hydroxylation is 1. The molecule has 0 saturated carbocycles. The van der Waals surface area contributed by atoms with Gasteiger partial charge in [-0.2, -0.15) is 11.3 Å². The van der Waals surface area contributed by atoms with Crippen molar-refractivity contribution in [3.8, 4) is 22.5 Å². The maximum Gasteiger partial charge on any atom is 0.126 e. The fourth-order valence-electron chi connectivity index (χ4n) is 6.09. The Hall–Kier alpha value is -4.78. The SMILES string of the molecule is C[Si](C)(C)c1ccc(-c2[c-]ccc3c2oc2cc(F)ccc23)nc1.[2H]C([2H])([2H])c1cnc(-c2[c-]cc3sc4ccccc4c3c2)cc1C([2H])([2H])c1ccccc1.[Ir]. The van der Waals surface area contributed by atoms with Crippen LogP contribution in [0.2, 0.25) is 19.6 Å². The second kappa shape index (κ2) is 14.7. The van der Waals surface area contributed by atoms with Gasteiger partial charge in [-0.05, 0) is 74.8 Å². The van der Waals surface area contributed by atoms with E-state index in [1.807, 2.05) is 48.7 Å². The first-order valence-electron chi connectivity index (χ1n) is 19.1. The van der Waals surface area contributed by atoms with Gasteiger partial charge in [0, 0.05) is 55.5 Å². The number of fused-ring (bicyclic) bond motifs is 6. The Morgan fingerprint density at radius 3 is 2.38 bits per heavy atom. The molecule has 0 fully saturated rings. The summed E-state index contributed by atoms with van der Waals surface area (Å²) >= 11 is 1.69. The fourth-order valence-corrected chi connectivity index (χ4v) is 8.20. The normalized spacial score (nSPS) is 13.4. The van der Waals surface area contributed by atoms with Gasteiger partial charge in [0.15, 0.2) is 0 Å². The molecule has 0 amide bonds. The third-order valence-corrected chi connectivity index (χ3v) is 12.0. The van der Waals surface area contributed by atoms with Gasteiger partial charge < -0.3 is 14.4 Å². The summed E-state index contributed by atoms with van der Waals surface area (Å²) in [5.41, 5.74) is 4.47. The average Bonchev–Trinajstić information content (AvgIpc) is 3.75. The summed E-state index contributed by atoms with van der Waals surface area (Å²) in [6, 6.07) is 41.3. The molecule has 5 aromatic carbocycles. The minimum Gasteiger partial charge on any atom is -0.500 e. The molecule has 0 N–H and O–H groups in total. The topological polar surface area (TPSA) is 38.9 Å². The Balaban J connectivity index is 0.000000178. The first-order chi connectivity index (χ1) is 26.7. The molecule has 0 saturated heterocycles. The van der Waals surface area contributed by atoms with Gasteiger partial charge in [0.25, 0.3) is 0 Å². The average molecular weight is 896 g/mol. The van der Waals surface area contributed by atoms with E-state index in [-0.39, 0.29) is 37.0 Å². The van der Waals surface area contributed by atoms with Gasteiger partial charge in [-0.1, -0.05) is 103 Å². The number of hydrogen-bond donors (Lipinski definition) is 0. The molecule has 9 rings (SSSR count). The molecular weight excluding hydrogens is 856 g/mol. The van der Waals surface area contributed by atoms with Crippen molar-refractivity contribution in [3.63, 3.8) is 0 Å². The van der Waals surface area contributed by atoms with Crippen LogP contribution < -0.4 is 5.19 Å². The minimum atomic E-state index is -2.49. The molecule has 0 unspecified atom stereocenters. The van der Waals surface area contributed by atoms with Gasteiger partial charge in [-0.15, -0.1) is 42.0 Å². The number of nitrogens with zero attached hydrogens (tertiary/aromatic N) is 2. The summed E-state index contributed by atoms with van der Waals surface area (Å²) in [5, 5.41) is 5.38. The Bertz CT molecular complexity index is 2890. The van der Waals surface area contributed by atoms with Gasteiger partial charge in [-0.3, -0.25) is 0 Å². The number of halogens is 1. The molecule has 0 bridgehead atoms. The van der Waals surface area contributed by atoms with Crippen LogP contribution in [0.25, 0.3) is 64.6 Å². The standard InChI is InChI=1S/C25H18NS.C20H17FNOSi.Ir/c1-17-16-26-23(15-20(17)13-18-7-3-2-4-8-18)19-11-12-25-22(14-19)21-9-5-6-10-24(21)27-25;1-24(2,3)14-8-10-18(22-12-14)17-6-4-5-16-15-9-7-13(21)11-19(15)23-20(16)17;/h2-10,12,14-16H,13H2,1H3;4-5,7-12H,1-3H3;/q2*-1;/i1D3,13D2;;. The fraction of sp³-hybridized carbons (Fsp3) is 0.111. The molecular formula is C45H35FIrN2OSSi-2. The first kappa shape index (κ1) is 29.8. The second-order valence-electron chi connectivity index (χ2n) is 13.3. The zero-order valence-corrected chi connectivity index (χ0v) is 32.8. The second-order valence-corrected chi connectivity index (χ2v) is 19.5. The van der Waals surface area contributed by atoms with Gasteiger partial charge in [0.1, 0.15) is 11.4 Å². The maximum atomic E-state index is 13.5. The van der Waals surface area contributed by atoms with E-state index in [4.69, 9.17) is 11.3 Å². The number of furan rings is 1. The maximum absolute atomic E-state index is 13.5. The van der Waals surface area contributed by atoms with Crippen LogP contribution >= 0.6 is 11.3 Å².